The minimum atomic E-state index is -0.415. The van der Waals surface area contributed by atoms with E-state index >= 15 is 0 Å². The molecule has 0 spiro atoms. The summed E-state index contributed by atoms with van der Waals surface area (Å²) in [6.07, 6.45) is 6.60. The molecule has 0 aromatic carbocycles. The van der Waals surface area contributed by atoms with Gasteiger partial charge in [-0.2, -0.15) is 11.8 Å². The fraction of sp³-hybridized carbons (Fsp3) is 0.941. The summed E-state index contributed by atoms with van der Waals surface area (Å²) in [6, 6.07) is 0. The Morgan fingerprint density at radius 2 is 2.19 bits per heavy atom. The van der Waals surface area contributed by atoms with Crippen LogP contribution in [0.4, 0.5) is 0 Å². The molecule has 4 heteroatoms. The fourth-order valence-corrected chi connectivity index (χ4v) is 4.24. The van der Waals surface area contributed by atoms with E-state index in [0.29, 0.717) is 17.8 Å². The molecule has 0 radical (unpaired) electrons. The van der Waals surface area contributed by atoms with Gasteiger partial charge in [-0.3, -0.25) is 4.79 Å². The summed E-state index contributed by atoms with van der Waals surface area (Å²) < 4.78 is 5.40. The summed E-state index contributed by atoms with van der Waals surface area (Å²) in [5, 5.41) is 4.26. The van der Waals surface area contributed by atoms with Crippen molar-refractivity contribution >= 4 is 17.7 Å². The van der Waals surface area contributed by atoms with Crippen LogP contribution in [0.25, 0.3) is 0 Å². The van der Waals surface area contributed by atoms with E-state index in [1.807, 2.05) is 18.7 Å². The van der Waals surface area contributed by atoms with Crippen molar-refractivity contribution in [3.63, 3.8) is 0 Å². The Hall–Kier alpha value is -0.220. The van der Waals surface area contributed by atoms with Crippen LogP contribution in [0.2, 0.25) is 0 Å². The van der Waals surface area contributed by atoms with Gasteiger partial charge in [0.05, 0.1) is 6.61 Å². The molecule has 1 aliphatic carbocycles. The SMILES string of the molecule is CCCNC1(C(=O)OCC)CCCC1CCSC(C)CC. The van der Waals surface area contributed by atoms with Crippen LogP contribution < -0.4 is 5.32 Å². The summed E-state index contributed by atoms with van der Waals surface area (Å²) in [6.45, 7) is 9.94. The first-order valence-corrected chi connectivity index (χ1v) is 9.69. The van der Waals surface area contributed by atoms with Gasteiger partial charge in [0.15, 0.2) is 0 Å². The monoisotopic (exact) mass is 315 g/mol. The van der Waals surface area contributed by atoms with E-state index in [2.05, 4.69) is 26.1 Å². The van der Waals surface area contributed by atoms with Crippen molar-refractivity contribution in [2.45, 2.75) is 77.0 Å². The molecule has 3 nitrogen and oxygen atoms in total. The van der Waals surface area contributed by atoms with Crippen LogP contribution in [-0.2, 0) is 9.53 Å². The summed E-state index contributed by atoms with van der Waals surface area (Å²) in [4.78, 5) is 12.5. The maximum Gasteiger partial charge on any atom is 0.326 e. The third-order valence-corrected chi connectivity index (χ3v) is 5.97. The maximum atomic E-state index is 12.5. The first-order chi connectivity index (χ1) is 10.1. The van der Waals surface area contributed by atoms with E-state index in [1.54, 1.807) is 0 Å². The van der Waals surface area contributed by atoms with Crippen LogP contribution in [0.1, 0.15) is 66.2 Å². The van der Waals surface area contributed by atoms with E-state index < -0.39 is 5.54 Å². The molecule has 0 amide bonds. The van der Waals surface area contributed by atoms with Gasteiger partial charge in [0.1, 0.15) is 5.54 Å². The van der Waals surface area contributed by atoms with Crippen molar-refractivity contribution in [3.05, 3.63) is 0 Å². The molecule has 1 saturated carbocycles. The highest BCUT2D eigenvalue weighted by Gasteiger charge is 2.49. The van der Waals surface area contributed by atoms with Crippen molar-refractivity contribution in [2.24, 2.45) is 5.92 Å². The fourth-order valence-electron chi connectivity index (χ4n) is 3.18. The number of esters is 1. The second-order valence-corrected chi connectivity index (χ2v) is 7.63. The Morgan fingerprint density at radius 3 is 2.81 bits per heavy atom. The highest BCUT2D eigenvalue weighted by molar-refractivity contribution is 7.99. The molecular weight excluding hydrogens is 282 g/mol. The Kier molecular flexibility index (Phi) is 8.72. The Morgan fingerprint density at radius 1 is 1.43 bits per heavy atom. The molecule has 21 heavy (non-hydrogen) atoms. The van der Waals surface area contributed by atoms with Crippen LogP contribution in [0.5, 0.6) is 0 Å². The first-order valence-electron chi connectivity index (χ1n) is 8.64. The van der Waals surface area contributed by atoms with Gasteiger partial charge in [-0.25, -0.2) is 0 Å². The molecule has 3 atom stereocenters. The average molecular weight is 316 g/mol. The number of thioether (sulfide) groups is 1. The molecule has 1 rings (SSSR count). The molecule has 0 bridgehead atoms. The van der Waals surface area contributed by atoms with Gasteiger partial charge in [0.2, 0.25) is 0 Å². The lowest BCUT2D eigenvalue weighted by Gasteiger charge is -2.34. The Labute approximate surface area is 135 Å². The van der Waals surface area contributed by atoms with Crippen molar-refractivity contribution in [1.82, 2.24) is 5.32 Å². The third-order valence-electron chi connectivity index (χ3n) is 4.59. The molecule has 1 N–H and O–H groups in total. The molecule has 0 saturated heterocycles. The van der Waals surface area contributed by atoms with E-state index in [-0.39, 0.29) is 5.97 Å². The second kappa shape index (κ2) is 9.73. The number of carbonyl (C=O) groups excluding carboxylic acids is 1. The van der Waals surface area contributed by atoms with Crippen LogP contribution in [0.3, 0.4) is 0 Å². The molecular formula is C17H33NO2S. The molecule has 0 aliphatic heterocycles. The van der Waals surface area contributed by atoms with Crippen LogP contribution in [0, 0.1) is 5.92 Å². The quantitative estimate of drug-likeness (QED) is 0.618. The number of ether oxygens (including phenoxy) is 1. The molecule has 0 aromatic rings. The summed E-state index contributed by atoms with van der Waals surface area (Å²) in [7, 11) is 0. The van der Waals surface area contributed by atoms with E-state index in [1.165, 1.54) is 6.42 Å². The molecule has 0 heterocycles. The van der Waals surface area contributed by atoms with E-state index in [4.69, 9.17) is 4.74 Å². The molecule has 1 aliphatic rings. The third kappa shape index (κ3) is 5.17. The predicted octanol–water partition coefficient (Wildman–Crippen LogP) is 4.01. The average Bonchev–Trinajstić information content (AvgIpc) is 2.89. The number of hydrogen-bond donors (Lipinski definition) is 1. The van der Waals surface area contributed by atoms with Crippen LogP contribution >= 0.6 is 11.8 Å². The Bertz CT molecular complexity index is 311. The van der Waals surface area contributed by atoms with Crippen molar-refractivity contribution in [3.8, 4) is 0 Å². The lowest BCUT2D eigenvalue weighted by atomic mass is 9.84. The van der Waals surface area contributed by atoms with Crippen molar-refractivity contribution in [1.29, 1.82) is 0 Å². The van der Waals surface area contributed by atoms with Crippen molar-refractivity contribution in [2.75, 3.05) is 18.9 Å². The topological polar surface area (TPSA) is 38.3 Å². The Balaban J connectivity index is 2.66. The number of rotatable bonds is 10. The van der Waals surface area contributed by atoms with Gasteiger partial charge in [0.25, 0.3) is 0 Å². The summed E-state index contributed by atoms with van der Waals surface area (Å²) >= 11 is 2.03. The minimum absolute atomic E-state index is 0.0190. The van der Waals surface area contributed by atoms with E-state index in [0.717, 1.165) is 44.4 Å². The second-order valence-electron chi connectivity index (χ2n) is 6.09. The lowest BCUT2D eigenvalue weighted by Crippen LogP contribution is -2.56. The lowest BCUT2D eigenvalue weighted by molar-refractivity contribution is -0.153. The highest BCUT2D eigenvalue weighted by atomic mass is 32.2. The number of carbonyl (C=O) groups is 1. The molecule has 124 valence electrons. The van der Waals surface area contributed by atoms with Gasteiger partial charge in [-0.05, 0) is 57.2 Å². The highest BCUT2D eigenvalue weighted by Crippen LogP contribution is 2.40. The molecule has 1 fully saturated rings. The van der Waals surface area contributed by atoms with Gasteiger partial charge in [-0.1, -0.05) is 27.2 Å². The molecule has 0 aromatic heterocycles. The zero-order valence-corrected chi connectivity index (χ0v) is 15.1. The van der Waals surface area contributed by atoms with Gasteiger partial charge < -0.3 is 10.1 Å². The minimum Gasteiger partial charge on any atom is -0.465 e. The number of hydrogen-bond acceptors (Lipinski definition) is 4. The van der Waals surface area contributed by atoms with E-state index in [9.17, 15) is 4.79 Å². The largest absolute Gasteiger partial charge is 0.465 e. The predicted molar refractivity (Wildman–Crippen MR) is 91.8 cm³/mol. The van der Waals surface area contributed by atoms with Gasteiger partial charge >= 0.3 is 5.97 Å². The number of nitrogens with one attached hydrogen (secondary N) is 1. The smallest absolute Gasteiger partial charge is 0.326 e. The zero-order chi connectivity index (χ0) is 15.7. The zero-order valence-electron chi connectivity index (χ0n) is 14.2. The summed E-state index contributed by atoms with van der Waals surface area (Å²) in [5.41, 5.74) is -0.415. The van der Waals surface area contributed by atoms with Crippen molar-refractivity contribution < 1.29 is 9.53 Å². The van der Waals surface area contributed by atoms with Gasteiger partial charge in [-0.15, -0.1) is 0 Å². The normalized spacial score (nSPS) is 26.8. The standard InChI is InChI=1S/C17H33NO2S/c1-5-12-18-17(16(19)20-7-3)11-8-9-15(17)10-13-21-14(4)6-2/h14-15,18H,5-13H2,1-4H3. The first kappa shape index (κ1) is 18.8. The van der Waals surface area contributed by atoms with Gasteiger partial charge in [0, 0.05) is 5.25 Å². The maximum absolute atomic E-state index is 12.5. The summed E-state index contributed by atoms with van der Waals surface area (Å²) in [5.74, 6) is 1.56. The molecule has 3 unspecified atom stereocenters. The van der Waals surface area contributed by atoms with Crippen LogP contribution in [-0.4, -0.2) is 35.7 Å². The van der Waals surface area contributed by atoms with Crippen LogP contribution in [0.15, 0.2) is 0 Å².